The molecule has 2 N–H and O–H groups in total. The summed E-state index contributed by atoms with van der Waals surface area (Å²) in [6.45, 7) is 3.53. The van der Waals surface area contributed by atoms with Crippen LogP contribution in [0.15, 0.2) is 42.6 Å². The number of nitrogens with one attached hydrogen (secondary N) is 2. The molecule has 2 atom stereocenters. The summed E-state index contributed by atoms with van der Waals surface area (Å²) in [5.41, 5.74) is -0.439. The number of hydrogen-bond acceptors (Lipinski definition) is 5. The summed E-state index contributed by atoms with van der Waals surface area (Å²) in [5.74, 6) is 1.21. The molecule has 0 radical (unpaired) electrons. The highest BCUT2D eigenvalue weighted by Gasteiger charge is 2.43. The van der Waals surface area contributed by atoms with Crippen molar-refractivity contribution in [1.29, 1.82) is 0 Å². The number of carbonyl (C=O) groups excluding carboxylic acids is 2. The standard InChI is InChI=1S/C26H31ClN4O3/c1-26(2,34-22-6-4-3-5-21(22)27)25(33)30-18-13-19-10-11-20(14-18)31(19)23-12-7-16(15-28-23)24(32)29-17-8-9-17/h3-7,12,15,17-20H,8-11,13-14H2,1-2H3,(H,29,32)(H,30,33). The molecular formula is C26H31ClN4O3. The molecule has 2 amide bonds. The first-order chi connectivity index (χ1) is 16.3. The lowest BCUT2D eigenvalue weighted by molar-refractivity contribution is -0.135. The highest BCUT2D eigenvalue weighted by atomic mass is 35.5. The molecule has 2 bridgehead atoms. The fourth-order valence-corrected chi connectivity index (χ4v) is 5.22. The van der Waals surface area contributed by atoms with Crippen LogP contribution in [0.3, 0.4) is 0 Å². The van der Waals surface area contributed by atoms with Gasteiger partial charge in [0.25, 0.3) is 11.8 Å². The number of carbonyl (C=O) groups is 2. The third kappa shape index (κ3) is 4.85. The van der Waals surface area contributed by atoms with Crippen molar-refractivity contribution < 1.29 is 14.3 Å². The van der Waals surface area contributed by atoms with Crippen LogP contribution >= 0.6 is 11.6 Å². The lowest BCUT2D eigenvalue weighted by Crippen LogP contribution is -2.55. The number of halogens is 1. The van der Waals surface area contributed by atoms with Crippen molar-refractivity contribution in [3.8, 4) is 5.75 Å². The molecule has 5 rings (SSSR count). The first-order valence-corrected chi connectivity index (χ1v) is 12.5. The number of amides is 2. The van der Waals surface area contributed by atoms with Crippen molar-refractivity contribution >= 4 is 29.2 Å². The van der Waals surface area contributed by atoms with E-state index in [1.807, 2.05) is 24.3 Å². The van der Waals surface area contributed by atoms with Crippen LogP contribution < -0.4 is 20.3 Å². The fraction of sp³-hybridized carbons (Fsp3) is 0.500. The first-order valence-electron chi connectivity index (χ1n) is 12.1. The normalized spacial score (nSPS) is 24.0. The number of para-hydroxylation sites is 1. The Morgan fingerprint density at radius 1 is 1.00 bits per heavy atom. The van der Waals surface area contributed by atoms with E-state index in [1.165, 1.54) is 0 Å². The van der Waals surface area contributed by atoms with E-state index in [-0.39, 0.29) is 17.9 Å². The van der Waals surface area contributed by atoms with Crippen molar-refractivity contribution in [3.05, 3.63) is 53.2 Å². The zero-order valence-corrected chi connectivity index (χ0v) is 20.3. The minimum Gasteiger partial charge on any atom is -0.476 e. The summed E-state index contributed by atoms with van der Waals surface area (Å²) in [7, 11) is 0. The molecule has 1 aliphatic carbocycles. The summed E-state index contributed by atoms with van der Waals surface area (Å²) < 4.78 is 5.96. The van der Waals surface area contributed by atoms with Crippen LogP contribution in [0.5, 0.6) is 5.75 Å². The predicted molar refractivity (Wildman–Crippen MR) is 131 cm³/mol. The van der Waals surface area contributed by atoms with Crippen LogP contribution in [-0.4, -0.2) is 46.6 Å². The number of aromatic nitrogens is 1. The Balaban J connectivity index is 1.20. The van der Waals surface area contributed by atoms with Crippen LogP contribution in [-0.2, 0) is 4.79 Å². The molecule has 7 nitrogen and oxygen atoms in total. The maximum atomic E-state index is 13.1. The van der Waals surface area contributed by atoms with Crippen molar-refractivity contribution in [3.63, 3.8) is 0 Å². The van der Waals surface area contributed by atoms with E-state index in [9.17, 15) is 9.59 Å². The molecule has 2 aliphatic heterocycles. The number of pyridine rings is 1. The van der Waals surface area contributed by atoms with Crippen molar-refractivity contribution in [2.75, 3.05) is 4.90 Å². The zero-order chi connectivity index (χ0) is 23.9. The average molecular weight is 483 g/mol. The van der Waals surface area contributed by atoms with E-state index in [0.717, 1.165) is 44.3 Å². The molecule has 1 aromatic carbocycles. The Hall–Kier alpha value is -2.80. The van der Waals surface area contributed by atoms with Gasteiger partial charge >= 0.3 is 0 Å². The van der Waals surface area contributed by atoms with Gasteiger partial charge in [-0.1, -0.05) is 23.7 Å². The molecule has 3 fully saturated rings. The maximum Gasteiger partial charge on any atom is 0.263 e. The molecule has 0 spiro atoms. The number of nitrogens with zero attached hydrogens (tertiary/aromatic N) is 2. The van der Waals surface area contributed by atoms with Gasteiger partial charge in [-0.3, -0.25) is 9.59 Å². The zero-order valence-electron chi connectivity index (χ0n) is 19.6. The van der Waals surface area contributed by atoms with E-state index in [0.29, 0.717) is 34.5 Å². The van der Waals surface area contributed by atoms with Crippen LogP contribution in [0.1, 0.15) is 62.7 Å². The number of ether oxygens (including phenoxy) is 1. The monoisotopic (exact) mass is 482 g/mol. The molecule has 2 unspecified atom stereocenters. The molecular weight excluding hydrogens is 452 g/mol. The average Bonchev–Trinajstić information content (AvgIpc) is 3.58. The SMILES string of the molecule is CC(C)(Oc1ccccc1Cl)C(=O)NC1CC2CCC(C1)N2c1ccc(C(=O)NC2CC2)cn1. The number of benzene rings is 1. The highest BCUT2D eigenvalue weighted by molar-refractivity contribution is 6.32. The topological polar surface area (TPSA) is 83.6 Å². The number of piperidine rings is 1. The molecule has 3 aliphatic rings. The van der Waals surface area contributed by atoms with E-state index < -0.39 is 5.60 Å². The molecule has 180 valence electrons. The first kappa shape index (κ1) is 23.0. The minimum absolute atomic E-state index is 0.0485. The Bertz CT molecular complexity index is 1060. The van der Waals surface area contributed by atoms with Gasteiger partial charge in [0.05, 0.1) is 10.6 Å². The number of rotatable bonds is 7. The number of hydrogen-bond donors (Lipinski definition) is 2. The maximum absolute atomic E-state index is 13.1. The lowest BCUT2D eigenvalue weighted by Gasteiger charge is -2.40. The lowest BCUT2D eigenvalue weighted by atomic mass is 9.96. The molecule has 1 aromatic heterocycles. The van der Waals surface area contributed by atoms with Crippen LogP contribution in [0.2, 0.25) is 5.02 Å². The highest BCUT2D eigenvalue weighted by Crippen LogP contribution is 2.39. The Kier molecular flexibility index (Phi) is 6.15. The van der Waals surface area contributed by atoms with Crippen LogP contribution in [0, 0.1) is 0 Å². The summed E-state index contributed by atoms with van der Waals surface area (Å²) in [4.78, 5) is 32.3. The largest absolute Gasteiger partial charge is 0.476 e. The van der Waals surface area contributed by atoms with Crippen molar-refractivity contribution in [1.82, 2.24) is 15.6 Å². The van der Waals surface area contributed by atoms with Gasteiger partial charge in [0.15, 0.2) is 5.60 Å². The second kappa shape index (κ2) is 9.10. The Labute approximate surface area is 205 Å². The van der Waals surface area contributed by atoms with E-state index >= 15 is 0 Å². The van der Waals surface area contributed by atoms with Crippen LogP contribution in [0.4, 0.5) is 5.82 Å². The number of fused-ring (bicyclic) bond motifs is 2. The summed E-state index contributed by atoms with van der Waals surface area (Å²) in [6, 6.07) is 12.0. The second-order valence-corrected chi connectivity index (χ2v) is 10.5. The minimum atomic E-state index is -1.04. The van der Waals surface area contributed by atoms with Crippen molar-refractivity contribution in [2.45, 2.75) is 82.1 Å². The summed E-state index contributed by atoms with van der Waals surface area (Å²) in [5, 5.41) is 6.70. The molecule has 3 heterocycles. The molecule has 2 saturated heterocycles. The van der Waals surface area contributed by atoms with Gasteiger partial charge in [-0.2, -0.15) is 0 Å². The van der Waals surface area contributed by atoms with Gasteiger partial charge in [-0.15, -0.1) is 0 Å². The molecule has 34 heavy (non-hydrogen) atoms. The van der Waals surface area contributed by atoms with Crippen molar-refractivity contribution in [2.24, 2.45) is 0 Å². The van der Waals surface area contributed by atoms with E-state index in [1.54, 1.807) is 32.2 Å². The fourth-order valence-electron chi connectivity index (χ4n) is 5.05. The second-order valence-electron chi connectivity index (χ2n) is 10.1. The summed E-state index contributed by atoms with van der Waals surface area (Å²) in [6.07, 6.45) is 7.66. The smallest absolute Gasteiger partial charge is 0.263 e. The van der Waals surface area contributed by atoms with Gasteiger partial charge in [0.1, 0.15) is 11.6 Å². The van der Waals surface area contributed by atoms with Gasteiger partial charge in [-0.25, -0.2) is 4.98 Å². The van der Waals surface area contributed by atoms with Crippen LogP contribution in [0.25, 0.3) is 0 Å². The molecule has 8 heteroatoms. The predicted octanol–water partition coefficient (Wildman–Crippen LogP) is 4.10. The third-order valence-corrected chi connectivity index (χ3v) is 7.32. The Morgan fingerprint density at radius 3 is 2.32 bits per heavy atom. The quantitative estimate of drug-likeness (QED) is 0.620. The molecule has 2 aromatic rings. The van der Waals surface area contributed by atoms with Gasteiger partial charge in [-0.05, 0) is 76.6 Å². The Morgan fingerprint density at radius 2 is 1.71 bits per heavy atom. The number of anilines is 1. The van der Waals surface area contributed by atoms with Gasteiger partial charge in [0, 0.05) is 30.4 Å². The van der Waals surface area contributed by atoms with Gasteiger partial charge < -0.3 is 20.3 Å². The van der Waals surface area contributed by atoms with Gasteiger partial charge in [0.2, 0.25) is 0 Å². The molecule has 1 saturated carbocycles. The summed E-state index contributed by atoms with van der Waals surface area (Å²) >= 11 is 6.21. The third-order valence-electron chi connectivity index (χ3n) is 7.00. The van der Waals surface area contributed by atoms with E-state index in [2.05, 4.69) is 20.5 Å². The van der Waals surface area contributed by atoms with E-state index in [4.69, 9.17) is 16.3 Å².